The third-order valence-electron chi connectivity index (χ3n) is 3.79. The van der Waals surface area contributed by atoms with Crippen molar-refractivity contribution in [3.05, 3.63) is 46.5 Å². The van der Waals surface area contributed by atoms with Gasteiger partial charge >= 0.3 is 0 Å². The molecule has 0 saturated carbocycles. The Hall–Kier alpha value is -3.27. The van der Waals surface area contributed by atoms with Crippen LogP contribution in [0.5, 0.6) is 0 Å². The average molecular weight is 370 g/mol. The molecule has 132 valence electrons. The van der Waals surface area contributed by atoms with Gasteiger partial charge in [0.05, 0.1) is 28.8 Å². The van der Waals surface area contributed by atoms with E-state index >= 15 is 0 Å². The molecule has 0 fully saturated rings. The molecule has 0 aromatic carbocycles. The third kappa shape index (κ3) is 2.90. The van der Waals surface area contributed by atoms with Gasteiger partial charge in [-0.05, 0) is 19.9 Å². The van der Waals surface area contributed by atoms with Crippen LogP contribution in [0.25, 0.3) is 16.1 Å². The van der Waals surface area contributed by atoms with Gasteiger partial charge in [-0.1, -0.05) is 5.16 Å². The smallest absolute Gasteiger partial charge is 0.270 e. The molecule has 0 bridgehead atoms. The second kappa shape index (κ2) is 6.23. The predicted molar refractivity (Wildman–Crippen MR) is 93.7 cm³/mol. The summed E-state index contributed by atoms with van der Waals surface area (Å²) in [6.45, 7) is 3.47. The fourth-order valence-electron chi connectivity index (χ4n) is 2.66. The number of pyridine rings is 1. The zero-order chi connectivity index (χ0) is 18.3. The van der Waals surface area contributed by atoms with Crippen molar-refractivity contribution in [2.24, 2.45) is 0 Å². The monoisotopic (exact) mass is 370 g/mol. The molecule has 2 N–H and O–H groups in total. The molecular weight excluding hydrogens is 356 g/mol. The van der Waals surface area contributed by atoms with Crippen molar-refractivity contribution in [2.45, 2.75) is 20.3 Å². The van der Waals surface area contributed by atoms with Crippen molar-refractivity contribution < 1.29 is 14.1 Å². The summed E-state index contributed by atoms with van der Waals surface area (Å²) >= 11 is 1.49. The first-order chi connectivity index (χ1) is 12.5. The van der Waals surface area contributed by atoms with E-state index in [1.54, 1.807) is 26.1 Å². The summed E-state index contributed by atoms with van der Waals surface area (Å²) in [5.41, 5.74) is 7.25. The van der Waals surface area contributed by atoms with Gasteiger partial charge in [0.15, 0.2) is 4.96 Å². The van der Waals surface area contributed by atoms with Crippen LogP contribution in [0.3, 0.4) is 0 Å². The van der Waals surface area contributed by atoms with Crippen LogP contribution in [-0.2, 0) is 11.2 Å². The number of nitrogens with one attached hydrogen (secondary N) is 2. The fourth-order valence-corrected chi connectivity index (χ4v) is 3.38. The predicted octanol–water partition coefficient (Wildman–Crippen LogP) is 1.55. The Morgan fingerprint density at radius 1 is 1.27 bits per heavy atom. The van der Waals surface area contributed by atoms with E-state index in [0.29, 0.717) is 28.0 Å². The largest absolute Gasteiger partial charge is 0.336 e. The number of aryl methyl sites for hydroxylation is 2. The van der Waals surface area contributed by atoms with Gasteiger partial charge in [0.2, 0.25) is 5.91 Å². The Bertz CT molecular complexity index is 1110. The van der Waals surface area contributed by atoms with Gasteiger partial charge in [0, 0.05) is 23.5 Å². The van der Waals surface area contributed by atoms with Crippen LogP contribution < -0.4 is 10.9 Å². The van der Waals surface area contributed by atoms with E-state index < -0.39 is 5.91 Å². The highest BCUT2D eigenvalue weighted by molar-refractivity contribution is 7.15. The Balaban J connectivity index is 1.46. The van der Waals surface area contributed by atoms with Gasteiger partial charge in [0.25, 0.3) is 11.6 Å². The van der Waals surface area contributed by atoms with Crippen LogP contribution in [-0.4, -0.2) is 31.3 Å². The van der Waals surface area contributed by atoms with E-state index in [4.69, 9.17) is 4.52 Å². The number of aromatic nitrogens is 4. The Kier molecular flexibility index (Phi) is 3.88. The van der Waals surface area contributed by atoms with Gasteiger partial charge in [-0.25, -0.2) is 9.97 Å². The van der Waals surface area contributed by atoms with Gasteiger partial charge in [-0.15, -0.1) is 11.3 Å². The standard InChI is InChI=1S/C16H14N6O3S/c1-8-5-11(13-9(2)21-25-15(13)17-8)14(24)20-19-12(23)6-10-7-22-3-4-26-16(22)18-10/h3-5,7H,6H2,1-2H3,(H,19,23)(H,20,24). The lowest BCUT2D eigenvalue weighted by Crippen LogP contribution is -2.42. The highest BCUT2D eigenvalue weighted by Gasteiger charge is 2.18. The van der Waals surface area contributed by atoms with Crippen LogP contribution in [0, 0.1) is 13.8 Å². The van der Waals surface area contributed by atoms with Crippen molar-refractivity contribution in [3.8, 4) is 0 Å². The maximum atomic E-state index is 12.5. The second-order valence-corrected chi connectivity index (χ2v) is 6.64. The van der Waals surface area contributed by atoms with Gasteiger partial charge < -0.3 is 4.52 Å². The summed E-state index contributed by atoms with van der Waals surface area (Å²) in [6, 6.07) is 1.62. The first-order valence-electron chi connectivity index (χ1n) is 7.75. The average Bonchev–Trinajstić information content (AvgIpc) is 3.27. The van der Waals surface area contributed by atoms with E-state index in [1.807, 2.05) is 16.0 Å². The van der Waals surface area contributed by atoms with Crippen molar-refractivity contribution in [2.75, 3.05) is 0 Å². The highest BCUT2D eigenvalue weighted by atomic mass is 32.1. The summed E-state index contributed by atoms with van der Waals surface area (Å²) in [6.07, 6.45) is 3.71. The Morgan fingerprint density at radius 3 is 2.92 bits per heavy atom. The number of rotatable bonds is 3. The first-order valence-corrected chi connectivity index (χ1v) is 8.63. The minimum absolute atomic E-state index is 0.0613. The number of hydrogen-bond acceptors (Lipinski definition) is 7. The number of hydrogen-bond donors (Lipinski definition) is 2. The molecule has 0 aliphatic carbocycles. The quantitative estimate of drug-likeness (QED) is 0.529. The first kappa shape index (κ1) is 16.2. The molecule has 0 unspecified atom stereocenters. The number of imidazole rings is 1. The maximum absolute atomic E-state index is 12.5. The van der Waals surface area contributed by atoms with Crippen LogP contribution >= 0.6 is 11.3 Å². The molecule has 26 heavy (non-hydrogen) atoms. The van der Waals surface area contributed by atoms with Crippen molar-refractivity contribution in [1.82, 2.24) is 30.4 Å². The third-order valence-corrected chi connectivity index (χ3v) is 4.56. The fraction of sp³-hybridized carbons (Fsp3) is 0.188. The molecule has 0 atom stereocenters. The summed E-state index contributed by atoms with van der Waals surface area (Å²) in [4.78, 5) is 33.9. The molecule has 0 saturated heterocycles. The summed E-state index contributed by atoms with van der Waals surface area (Å²) in [7, 11) is 0. The van der Waals surface area contributed by atoms with E-state index in [-0.39, 0.29) is 18.0 Å². The Morgan fingerprint density at radius 2 is 2.12 bits per heavy atom. The molecule has 9 nitrogen and oxygen atoms in total. The molecule has 4 aromatic rings. The zero-order valence-electron chi connectivity index (χ0n) is 13.9. The van der Waals surface area contributed by atoms with Crippen LogP contribution in [0.1, 0.15) is 27.4 Å². The summed E-state index contributed by atoms with van der Waals surface area (Å²) < 4.78 is 6.95. The number of amides is 2. The molecule has 0 spiro atoms. The normalized spacial score (nSPS) is 11.2. The topological polar surface area (TPSA) is 114 Å². The van der Waals surface area contributed by atoms with Crippen LogP contribution in [0.15, 0.2) is 28.4 Å². The molecule has 4 heterocycles. The van der Waals surface area contributed by atoms with E-state index in [2.05, 4.69) is 26.0 Å². The van der Waals surface area contributed by atoms with Gasteiger partial charge in [-0.2, -0.15) is 0 Å². The number of carbonyl (C=O) groups is 2. The molecule has 4 aromatic heterocycles. The number of fused-ring (bicyclic) bond motifs is 2. The Labute approximate surface area is 151 Å². The minimum Gasteiger partial charge on any atom is -0.336 e. The number of hydrazine groups is 1. The van der Waals surface area contributed by atoms with E-state index in [0.717, 1.165) is 4.96 Å². The molecule has 0 radical (unpaired) electrons. The molecule has 10 heteroatoms. The molecule has 0 aliphatic heterocycles. The highest BCUT2D eigenvalue weighted by Crippen LogP contribution is 2.21. The lowest BCUT2D eigenvalue weighted by molar-refractivity contribution is -0.121. The lowest BCUT2D eigenvalue weighted by atomic mass is 10.1. The summed E-state index contributed by atoms with van der Waals surface area (Å²) in [5, 5.41) is 6.27. The van der Waals surface area contributed by atoms with Crippen molar-refractivity contribution >= 4 is 39.2 Å². The lowest BCUT2D eigenvalue weighted by Gasteiger charge is -2.08. The van der Waals surface area contributed by atoms with Crippen molar-refractivity contribution in [3.63, 3.8) is 0 Å². The van der Waals surface area contributed by atoms with Gasteiger partial charge in [0.1, 0.15) is 0 Å². The summed E-state index contributed by atoms with van der Waals surface area (Å²) in [5.74, 6) is -0.834. The molecule has 2 amide bonds. The zero-order valence-corrected chi connectivity index (χ0v) is 14.8. The number of carbonyl (C=O) groups excluding carboxylic acids is 2. The molecule has 4 rings (SSSR count). The van der Waals surface area contributed by atoms with Crippen LogP contribution in [0.2, 0.25) is 0 Å². The minimum atomic E-state index is -0.467. The van der Waals surface area contributed by atoms with Crippen molar-refractivity contribution in [1.29, 1.82) is 0 Å². The maximum Gasteiger partial charge on any atom is 0.270 e. The second-order valence-electron chi connectivity index (χ2n) is 5.76. The van der Waals surface area contributed by atoms with E-state index in [9.17, 15) is 9.59 Å². The molecule has 0 aliphatic rings. The number of nitrogens with zero attached hydrogens (tertiary/aromatic N) is 4. The molecular formula is C16H14N6O3S. The number of thiazole rings is 1. The van der Waals surface area contributed by atoms with Gasteiger partial charge in [-0.3, -0.25) is 24.8 Å². The van der Waals surface area contributed by atoms with Crippen LogP contribution in [0.4, 0.5) is 0 Å². The van der Waals surface area contributed by atoms with E-state index in [1.165, 1.54) is 11.3 Å². The SMILES string of the molecule is Cc1cc(C(=O)NNC(=O)Cc2cn3ccsc3n2)c2c(C)noc2n1.